The molecule has 2 aromatic carbocycles. The Labute approximate surface area is 167 Å². The van der Waals surface area contributed by atoms with Crippen LogP contribution in [0.4, 0.5) is 0 Å². The second-order valence-electron chi connectivity index (χ2n) is 6.00. The maximum atomic E-state index is 12.3. The number of hydrogen-bond acceptors (Lipinski definition) is 5. The fourth-order valence-corrected chi connectivity index (χ4v) is 2.72. The van der Waals surface area contributed by atoms with Crippen LogP contribution in [0.2, 0.25) is 0 Å². The van der Waals surface area contributed by atoms with E-state index in [2.05, 4.69) is 10.9 Å². The molecule has 3 aromatic rings. The lowest BCUT2D eigenvalue weighted by Crippen LogP contribution is -2.41. The summed E-state index contributed by atoms with van der Waals surface area (Å²) in [5.41, 5.74) is 5.62. The van der Waals surface area contributed by atoms with Crippen LogP contribution < -0.4 is 20.3 Å². The van der Waals surface area contributed by atoms with Crippen molar-refractivity contribution in [2.24, 2.45) is 0 Å². The normalized spacial score (nSPS) is 10.3. The van der Waals surface area contributed by atoms with Crippen molar-refractivity contribution >= 4 is 11.8 Å². The Balaban J connectivity index is 1.66. The number of carbonyl (C=O) groups is 2. The average Bonchev–Trinajstić information content (AvgIpc) is 3.27. The van der Waals surface area contributed by atoms with E-state index in [0.29, 0.717) is 23.8 Å². The standard InChI is InChI=1S/C21H21N3O5/c1-3-29-18-9-6-14(12-19(18)28-2)20(26)22-23-21(27)16-8-7-15(13-17(16)25)24-10-4-5-11-24/h4-13,25H,3H2,1-2H3,(H,22,26)(H,23,27). The quantitative estimate of drug-likeness (QED) is 0.557. The molecule has 0 unspecified atom stereocenters. The second-order valence-corrected chi connectivity index (χ2v) is 6.00. The van der Waals surface area contributed by atoms with Crippen LogP contribution in [-0.2, 0) is 0 Å². The minimum Gasteiger partial charge on any atom is -0.507 e. The number of ether oxygens (including phenoxy) is 2. The first kappa shape index (κ1) is 19.8. The summed E-state index contributed by atoms with van der Waals surface area (Å²) in [5.74, 6) is -0.464. The summed E-state index contributed by atoms with van der Waals surface area (Å²) in [7, 11) is 1.47. The highest BCUT2D eigenvalue weighted by Gasteiger charge is 2.15. The third-order valence-electron chi connectivity index (χ3n) is 4.14. The number of benzene rings is 2. The number of carbonyl (C=O) groups excluding carboxylic acids is 2. The van der Waals surface area contributed by atoms with Crippen LogP contribution in [0.5, 0.6) is 17.2 Å². The number of methoxy groups -OCH3 is 1. The lowest BCUT2D eigenvalue weighted by atomic mass is 10.1. The van der Waals surface area contributed by atoms with Crippen LogP contribution in [0.1, 0.15) is 27.6 Å². The Kier molecular flexibility index (Phi) is 6.03. The van der Waals surface area contributed by atoms with Gasteiger partial charge in [-0.3, -0.25) is 20.4 Å². The van der Waals surface area contributed by atoms with Gasteiger partial charge in [0.25, 0.3) is 11.8 Å². The summed E-state index contributed by atoms with van der Waals surface area (Å²) in [6, 6.07) is 13.0. The monoisotopic (exact) mass is 395 g/mol. The van der Waals surface area contributed by atoms with Crippen LogP contribution in [-0.4, -0.2) is 35.2 Å². The number of hydrogen-bond donors (Lipinski definition) is 3. The molecule has 1 heterocycles. The summed E-state index contributed by atoms with van der Waals surface area (Å²) in [6.45, 7) is 2.31. The highest BCUT2D eigenvalue weighted by atomic mass is 16.5. The van der Waals surface area contributed by atoms with Gasteiger partial charge >= 0.3 is 0 Å². The highest BCUT2D eigenvalue weighted by Crippen LogP contribution is 2.28. The number of amides is 2. The molecule has 0 saturated carbocycles. The van der Waals surface area contributed by atoms with Gasteiger partial charge in [-0.15, -0.1) is 0 Å². The average molecular weight is 395 g/mol. The Bertz CT molecular complexity index is 1020. The van der Waals surface area contributed by atoms with E-state index < -0.39 is 11.8 Å². The molecule has 0 aliphatic rings. The van der Waals surface area contributed by atoms with Crippen molar-refractivity contribution in [1.29, 1.82) is 0 Å². The van der Waals surface area contributed by atoms with E-state index in [9.17, 15) is 14.7 Å². The predicted molar refractivity (Wildman–Crippen MR) is 107 cm³/mol. The van der Waals surface area contributed by atoms with Crippen LogP contribution in [0.3, 0.4) is 0 Å². The van der Waals surface area contributed by atoms with Gasteiger partial charge in [-0.25, -0.2) is 0 Å². The first-order valence-corrected chi connectivity index (χ1v) is 8.91. The molecule has 29 heavy (non-hydrogen) atoms. The number of aromatic nitrogens is 1. The minimum absolute atomic E-state index is 0.0329. The Hall–Kier alpha value is -3.94. The van der Waals surface area contributed by atoms with Crippen LogP contribution in [0.25, 0.3) is 5.69 Å². The van der Waals surface area contributed by atoms with E-state index in [1.165, 1.54) is 25.3 Å². The Morgan fingerprint density at radius 1 is 1.00 bits per heavy atom. The first-order chi connectivity index (χ1) is 14.0. The lowest BCUT2D eigenvalue weighted by Gasteiger charge is -2.12. The number of aromatic hydroxyl groups is 1. The summed E-state index contributed by atoms with van der Waals surface area (Å²) < 4.78 is 12.4. The zero-order chi connectivity index (χ0) is 20.8. The van der Waals surface area contributed by atoms with E-state index >= 15 is 0 Å². The number of hydrazine groups is 1. The number of phenols is 1. The third-order valence-corrected chi connectivity index (χ3v) is 4.14. The van der Waals surface area contributed by atoms with Crippen molar-refractivity contribution < 1.29 is 24.2 Å². The molecule has 0 bridgehead atoms. The number of nitrogens with one attached hydrogen (secondary N) is 2. The van der Waals surface area contributed by atoms with Crippen molar-refractivity contribution in [2.45, 2.75) is 6.92 Å². The van der Waals surface area contributed by atoms with E-state index in [0.717, 1.165) is 0 Å². The topological polar surface area (TPSA) is 102 Å². The molecule has 1 aromatic heterocycles. The van der Waals surface area contributed by atoms with E-state index in [-0.39, 0.29) is 16.9 Å². The summed E-state index contributed by atoms with van der Waals surface area (Å²) in [6.07, 6.45) is 3.64. The maximum absolute atomic E-state index is 12.3. The molecule has 0 atom stereocenters. The second kappa shape index (κ2) is 8.83. The van der Waals surface area contributed by atoms with E-state index in [1.807, 2.05) is 31.5 Å². The number of rotatable bonds is 6. The fourth-order valence-electron chi connectivity index (χ4n) is 2.72. The van der Waals surface area contributed by atoms with Gasteiger partial charge in [0, 0.05) is 29.7 Å². The van der Waals surface area contributed by atoms with Crippen molar-refractivity contribution in [3.05, 3.63) is 72.1 Å². The molecular weight excluding hydrogens is 374 g/mol. The van der Waals surface area contributed by atoms with Crippen molar-refractivity contribution in [2.75, 3.05) is 13.7 Å². The van der Waals surface area contributed by atoms with Crippen molar-refractivity contribution in [3.8, 4) is 22.9 Å². The van der Waals surface area contributed by atoms with Gasteiger partial charge in [0.05, 0.1) is 19.3 Å². The molecule has 0 spiro atoms. The molecular formula is C21H21N3O5. The third kappa shape index (κ3) is 4.49. The zero-order valence-corrected chi connectivity index (χ0v) is 16.0. The number of phenolic OH excluding ortho intramolecular Hbond substituents is 1. The van der Waals surface area contributed by atoms with Gasteiger partial charge in [0.15, 0.2) is 11.5 Å². The SMILES string of the molecule is CCOc1ccc(C(=O)NNC(=O)c2ccc(-n3cccc3)cc2O)cc1OC. The summed E-state index contributed by atoms with van der Waals surface area (Å²) >= 11 is 0. The van der Waals surface area contributed by atoms with Gasteiger partial charge < -0.3 is 19.1 Å². The zero-order valence-electron chi connectivity index (χ0n) is 16.0. The molecule has 0 saturated heterocycles. The van der Waals surface area contributed by atoms with Crippen LogP contribution in [0, 0.1) is 0 Å². The van der Waals surface area contributed by atoms with Gasteiger partial charge in [-0.1, -0.05) is 0 Å². The molecule has 3 N–H and O–H groups in total. The predicted octanol–water partition coefficient (Wildman–Crippen LogP) is 2.67. The van der Waals surface area contributed by atoms with Gasteiger partial charge in [0.1, 0.15) is 5.75 Å². The van der Waals surface area contributed by atoms with Crippen molar-refractivity contribution in [1.82, 2.24) is 15.4 Å². The largest absolute Gasteiger partial charge is 0.507 e. The van der Waals surface area contributed by atoms with E-state index in [1.54, 1.807) is 22.8 Å². The molecule has 8 heteroatoms. The summed E-state index contributed by atoms with van der Waals surface area (Å²) in [4.78, 5) is 24.6. The van der Waals surface area contributed by atoms with Crippen molar-refractivity contribution in [3.63, 3.8) is 0 Å². The minimum atomic E-state index is -0.646. The van der Waals surface area contributed by atoms with Gasteiger partial charge in [0.2, 0.25) is 0 Å². The molecule has 2 amide bonds. The molecule has 3 rings (SSSR count). The van der Waals surface area contributed by atoms with Gasteiger partial charge in [-0.2, -0.15) is 0 Å². The molecule has 150 valence electrons. The first-order valence-electron chi connectivity index (χ1n) is 8.91. The van der Waals surface area contributed by atoms with Crippen LogP contribution >= 0.6 is 0 Å². The molecule has 8 nitrogen and oxygen atoms in total. The lowest BCUT2D eigenvalue weighted by molar-refractivity contribution is 0.0845. The maximum Gasteiger partial charge on any atom is 0.273 e. The Morgan fingerprint density at radius 3 is 2.38 bits per heavy atom. The molecule has 0 radical (unpaired) electrons. The fraction of sp³-hybridized carbons (Fsp3) is 0.143. The smallest absolute Gasteiger partial charge is 0.273 e. The van der Waals surface area contributed by atoms with Gasteiger partial charge in [-0.05, 0) is 49.4 Å². The summed E-state index contributed by atoms with van der Waals surface area (Å²) in [5, 5.41) is 10.2. The molecule has 0 aliphatic carbocycles. The van der Waals surface area contributed by atoms with E-state index in [4.69, 9.17) is 9.47 Å². The Morgan fingerprint density at radius 2 is 1.72 bits per heavy atom. The molecule has 0 fully saturated rings. The van der Waals surface area contributed by atoms with Crippen LogP contribution in [0.15, 0.2) is 60.9 Å². The molecule has 0 aliphatic heterocycles. The highest BCUT2D eigenvalue weighted by molar-refractivity contribution is 6.00. The number of nitrogens with zero attached hydrogens (tertiary/aromatic N) is 1.